The van der Waals surface area contributed by atoms with Gasteiger partial charge in [-0.05, 0) is 19.1 Å². The highest BCUT2D eigenvalue weighted by atomic mass is 35.5. The Kier molecular flexibility index (Phi) is 7.24. The summed E-state index contributed by atoms with van der Waals surface area (Å²) >= 11 is 6.12. The molecule has 3 rings (SSSR count). The molecule has 0 aromatic heterocycles. The van der Waals surface area contributed by atoms with Crippen molar-refractivity contribution >= 4 is 17.6 Å². The van der Waals surface area contributed by atoms with Crippen LogP contribution in [0.25, 0.3) is 0 Å². The normalized spacial score (nSPS) is 12.0. The van der Waals surface area contributed by atoms with Crippen molar-refractivity contribution in [3.8, 4) is 0 Å². The molecule has 0 aliphatic carbocycles. The Morgan fingerprint density at radius 1 is 0.857 bits per heavy atom. The van der Waals surface area contributed by atoms with Gasteiger partial charge < -0.3 is 9.64 Å². The Balaban J connectivity index is 1.67. The van der Waals surface area contributed by atoms with Crippen molar-refractivity contribution in [1.29, 1.82) is 0 Å². The minimum atomic E-state index is -0.378. The molecule has 0 saturated carbocycles. The number of rotatable bonds is 8. The zero-order chi connectivity index (χ0) is 19.8. The van der Waals surface area contributed by atoms with E-state index in [2.05, 4.69) is 48.5 Å². The predicted octanol–water partition coefficient (Wildman–Crippen LogP) is 4.17. The highest BCUT2D eigenvalue weighted by Gasteiger charge is 2.20. The smallest absolute Gasteiger partial charge is 0.340 e. The molecule has 0 unspecified atom stereocenters. The number of quaternary nitrogens is 1. The van der Waals surface area contributed by atoms with Crippen LogP contribution in [-0.4, -0.2) is 18.6 Å². The summed E-state index contributed by atoms with van der Waals surface area (Å²) in [7, 11) is 0. The van der Waals surface area contributed by atoms with Crippen LogP contribution in [0.1, 0.15) is 28.4 Å². The van der Waals surface area contributed by atoms with Gasteiger partial charge in [-0.15, -0.1) is 0 Å². The number of benzene rings is 3. The number of esters is 1. The lowest BCUT2D eigenvalue weighted by Crippen LogP contribution is -3.10. The molecule has 0 heterocycles. The lowest BCUT2D eigenvalue weighted by atomic mass is 10.1. The fraction of sp³-hybridized carbons (Fsp3) is 0.208. The number of ether oxygens (including phenoxy) is 1. The highest BCUT2D eigenvalue weighted by Crippen LogP contribution is 2.16. The molecule has 1 atom stereocenters. The molecule has 0 aliphatic rings. The van der Waals surface area contributed by atoms with Crippen LogP contribution in [0.5, 0.6) is 0 Å². The molecule has 0 amide bonds. The van der Waals surface area contributed by atoms with E-state index in [-0.39, 0.29) is 12.1 Å². The first kappa shape index (κ1) is 20.1. The van der Waals surface area contributed by atoms with Crippen molar-refractivity contribution in [3.05, 3.63) is 107 Å². The standard InChI is InChI=1S/C24H24ClNO2/c1-19(28-24(27)22-14-8-9-15-23(22)25)16-26(17-20-10-4-2-5-11-20)18-21-12-6-3-7-13-21/h2-15,19H,16-18H2,1H3/p+1/t19-/m0/s1. The van der Waals surface area contributed by atoms with Crippen LogP contribution < -0.4 is 4.90 Å². The molecule has 144 valence electrons. The summed E-state index contributed by atoms with van der Waals surface area (Å²) in [6.07, 6.45) is -0.230. The van der Waals surface area contributed by atoms with Crippen molar-refractivity contribution < 1.29 is 14.4 Å². The van der Waals surface area contributed by atoms with Crippen LogP contribution in [0.4, 0.5) is 0 Å². The summed E-state index contributed by atoms with van der Waals surface area (Å²) in [5.41, 5.74) is 2.93. The summed E-state index contributed by atoms with van der Waals surface area (Å²) in [5, 5.41) is 0.414. The molecule has 0 radical (unpaired) electrons. The van der Waals surface area contributed by atoms with Gasteiger partial charge in [-0.25, -0.2) is 4.79 Å². The first-order chi connectivity index (χ1) is 13.6. The van der Waals surface area contributed by atoms with Crippen molar-refractivity contribution in [2.24, 2.45) is 0 Å². The molecule has 0 aliphatic heterocycles. The maximum absolute atomic E-state index is 12.5. The molecular weight excluding hydrogens is 370 g/mol. The highest BCUT2D eigenvalue weighted by molar-refractivity contribution is 6.33. The van der Waals surface area contributed by atoms with E-state index < -0.39 is 0 Å². The average Bonchev–Trinajstić information content (AvgIpc) is 2.69. The molecule has 28 heavy (non-hydrogen) atoms. The van der Waals surface area contributed by atoms with Gasteiger partial charge in [0.2, 0.25) is 0 Å². The minimum absolute atomic E-state index is 0.230. The molecule has 0 bridgehead atoms. The Bertz CT molecular complexity index is 842. The van der Waals surface area contributed by atoms with Gasteiger partial charge in [-0.1, -0.05) is 84.4 Å². The van der Waals surface area contributed by atoms with Gasteiger partial charge >= 0.3 is 5.97 Å². The third-order valence-electron chi connectivity index (χ3n) is 4.57. The molecule has 3 aromatic rings. The minimum Gasteiger partial charge on any atom is -0.453 e. The van der Waals surface area contributed by atoms with Crippen LogP contribution in [0.15, 0.2) is 84.9 Å². The number of hydrogen-bond acceptors (Lipinski definition) is 2. The van der Waals surface area contributed by atoms with Gasteiger partial charge in [0.1, 0.15) is 25.7 Å². The van der Waals surface area contributed by atoms with E-state index >= 15 is 0 Å². The van der Waals surface area contributed by atoms with Crippen LogP contribution in [-0.2, 0) is 17.8 Å². The Morgan fingerprint density at radius 3 is 1.89 bits per heavy atom. The maximum atomic E-state index is 12.5. The van der Waals surface area contributed by atoms with Crippen molar-refractivity contribution in [1.82, 2.24) is 0 Å². The third kappa shape index (κ3) is 5.95. The van der Waals surface area contributed by atoms with Crippen molar-refractivity contribution in [2.45, 2.75) is 26.1 Å². The fourth-order valence-electron chi connectivity index (χ4n) is 3.30. The summed E-state index contributed by atoms with van der Waals surface area (Å²) in [6, 6.07) is 27.8. The second kappa shape index (κ2) is 10.1. The number of halogens is 1. The summed E-state index contributed by atoms with van der Waals surface area (Å²) in [4.78, 5) is 13.8. The van der Waals surface area contributed by atoms with Gasteiger partial charge in [0.05, 0.1) is 10.6 Å². The largest absolute Gasteiger partial charge is 0.453 e. The molecule has 0 spiro atoms. The van der Waals surface area contributed by atoms with Crippen LogP contribution in [0.3, 0.4) is 0 Å². The molecule has 0 saturated heterocycles. The van der Waals surface area contributed by atoms with Crippen LogP contribution in [0.2, 0.25) is 5.02 Å². The predicted molar refractivity (Wildman–Crippen MR) is 112 cm³/mol. The molecule has 3 nitrogen and oxygen atoms in total. The molecule has 0 fully saturated rings. The lowest BCUT2D eigenvalue weighted by Gasteiger charge is -2.23. The maximum Gasteiger partial charge on any atom is 0.340 e. The van der Waals surface area contributed by atoms with Crippen molar-refractivity contribution in [3.63, 3.8) is 0 Å². The summed E-state index contributed by atoms with van der Waals surface area (Å²) < 4.78 is 5.68. The van der Waals surface area contributed by atoms with E-state index in [1.54, 1.807) is 24.3 Å². The van der Waals surface area contributed by atoms with E-state index in [1.165, 1.54) is 16.0 Å². The van der Waals surface area contributed by atoms with Crippen LogP contribution in [0, 0.1) is 0 Å². The van der Waals surface area contributed by atoms with E-state index in [4.69, 9.17) is 16.3 Å². The van der Waals surface area contributed by atoms with E-state index in [9.17, 15) is 4.79 Å². The van der Waals surface area contributed by atoms with Gasteiger partial charge in [-0.2, -0.15) is 0 Å². The lowest BCUT2D eigenvalue weighted by molar-refractivity contribution is -0.930. The van der Waals surface area contributed by atoms with Gasteiger partial charge in [-0.3, -0.25) is 0 Å². The number of carbonyl (C=O) groups excluding carboxylic acids is 1. The molecular formula is C24H25ClNO2+. The van der Waals surface area contributed by atoms with Gasteiger partial charge in [0, 0.05) is 11.1 Å². The first-order valence-corrected chi connectivity index (χ1v) is 9.86. The summed E-state index contributed by atoms with van der Waals surface area (Å²) in [5.74, 6) is -0.378. The number of hydrogen-bond donors (Lipinski definition) is 1. The summed E-state index contributed by atoms with van der Waals surface area (Å²) in [6.45, 7) is 4.37. The molecule has 4 heteroatoms. The fourth-order valence-corrected chi connectivity index (χ4v) is 3.51. The second-order valence-corrected chi connectivity index (χ2v) is 7.38. The number of carbonyl (C=O) groups is 1. The molecule has 1 N–H and O–H groups in total. The van der Waals surface area contributed by atoms with E-state index in [1.807, 2.05) is 19.1 Å². The SMILES string of the molecule is C[C@@H](C[NH+](Cc1ccccc1)Cc1ccccc1)OC(=O)c1ccccc1Cl. The average molecular weight is 395 g/mol. The topological polar surface area (TPSA) is 30.7 Å². The first-order valence-electron chi connectivity index (χ1n) is 9.49. The zero-order valence-corrected chi connectivity index (χ0v) is 16.7. The third-order valence-corrected chi connectivity index (χ3v) is 4.90. The molecule has 3 aromatic carbocycles. The van der Waals surface area contributed by atoms with E-state index in [0.29, 0.717) is 17.1 Å². The Morgan fingerprint density at radius 2 is 1.36 bits per heavy atom. The van der Waals surface area contributed by atoms with Gasteiger partial charge in [0.15, 0.2) is 0 Å². The van der Waals surface area contributed by atoms with Gasteiger partial charge in [0.25, 0.3) is 0 Å². The number of nitrogens with one attached hydrogen (secondary N) is 1. The zero-order valence-electron chi connectivity index (χ0n) is 16.0. The quantitative estimate of drug-likeness (QED) is 0.581. The van der Waals surface area contributed by atoms with Crippen molar-refractivity contribution in [2.75, 3.05) is 6.54 Å². The second-order valence-electron chi connectivity index (χ2n) is 6.97. The van der Waals surface area contributed by atoms with E-state index in [0.717, 1.165) is 13.1 Å². The Hall–Kier alpha value is -2.62. The Labute approximate surface area is 171 Å². The van der Waals surface area contributed by atoms with Crippen LogP contribution >= 0.6 is 11.6 Å². The monoisotopic (exact) mass is 394 g/mol.